The summed E-state index contributed by atoms with van der Waals surface area (Å²) < 4.78 is 5.83. The molecule has 1 N–H and O–H groups in total. The predicted molar refractivity (Wildman–Crippen MR) is 69.7 cm³/mol. The number of ether oxygens (including phenoxy) is 1. The lowest BCUT2D eigenvalue weighted by atomic mass is 9.89. The summed E-state index contributed by atoms with van der Waals surface area (Å²) in [5.74, 6) is 1.57. The molecule has 0 saturated heterocycles. The molecule has 2 heteroatoms. The van der Waals surface area contributed by atoms with E-state index in [9.17, 15) is 0 Å². The third-order valence-electron chi connectivity index (χ3n) is 3.19. The molecule has 0 aliphatic heterocycles. The lowest BCUT2D eigenvalue weighted by molar-refractivity contribution is -0.0189. The van der Waals surface area contributed by atoms with Gasteiger partial charge in [-0.25, -0.2) is 0 Å². The monoisotopic (exact) mass is 227 g/mol. The van der Waals surface area contributed by atoms with Gasteiger partial charge in [0.2, 0.25) is 0 Å². The largest absolute Gasteiger partial charge is 0.378 e. The van der Waals surface area contributed by atoms with E-state index >= 15 is 0 Å². The standard InChI is InChI=1S/C14H29NO/c1-11(2)6-5-7-16-14-8-13(9-14)15-10-12(3)4/h11-15H,5-10H2,1-4H3/t13-,14-. The summed E-state index contributed by atoms with van der Waals surface area (Å²) in [6.45, 7) is 11.2. The molecule has 0 spiro atoms. The van der Waals surface area contributed by atoms with Crippen LogP contribution in [0.25, 0.3) is 0 Å². The highest BCUT2D eigenvalue weighted by Gasteiger charge is 2.29. The molecule has 1 aliphatic rings. The van der Waals surface area contributed by atoms with Crippen molar-refractivity contribution in [3.63, 3.8) is 0 Å². The highest BCUT2D eigenvalue weighted by atomic mass is 16.5. The Balaban J connectivity index is 1.88. The number of rotatable bonds is 8. The van der Waals surface area contributed by atoms with Crippen molar-refractivity contribution in [2.75, 3.05) is 13.2 Å². The van der Waals surface area contributed by atoms with E-state index in [0.717, 1.165) is 31.0 Å². The normalized spacial score (nSPS) is 25.1. The Morgan fingerprint density at radius 1 is 1.12 bits per heavy atom. The van der Waals surface area contributed by atoms with Gasteiger partial charge in [-0.3, -0.25) is 0 Å². The first-order chi connectivity index (χ1) is 7.58. The van der Waals surface area contributed by atoms with Gasteiger partial charge >= 0.3 is 0 Å². The number of hydrogen-bond donors (Lipinski definition) is 1. The maximum Gasteiger partial charge on any atom is 0.0604 e. The van der Waals surface area contributed by atoms with Crippen LogP contribution >= 0.6 is 0 Å². The minimum absolute atomic E-state index is 0.539. The van der Waals surface area contributed by atoms with Gasteiger partial charge in [0.05, 0.1) is 6.10 Å². The predicted octanol–water partition coefficient (Wildman–Crippen LogP) is 3.22. The molecule has 16 heavy (non-hydrogen) atoms. The van der Waals surface area contributed by atoms with Gasteiger partial charge in [0, 0.05) is 12.6 Å². The van der Waals surface area contributed by atoms with Gasteiger partial charge in [-0.2, -0.15) is 0 Å². The van der Waals surface area contributed by atoms with Crippen molar-refractivity contribution in [1.82, 2.24) is 5.32 Å². The molecule has 0 aromatic heterocycles. The summed E-state index contributed by atoms with van der Waals surface area (Å²) in [6.07, 6.45) is 5.49. The molecule has 0 unspecified atom stereocenters. The molecule has 1 aliphatic carbocycles. The molecule has 0 aromatic carbocycles. The lowest BCUT2D eigenvalue weighted by Crippen LogP contribution is -2.46. The van der Waals surface area contributed by atoms with Gasteiger partial charge in [0.25, 0.3) is 0 Å². The van der Waals surface area contributed by atoms with Crippen molar-refractivity contribution in [1.29, 1.82) is 0 Å². The van der Waals surface area contributed by atoms with Crippen molar-refractivity contribution in [3.8, 4) is 0 Å². The zero-order chi connectivity index (χ0) is 12.0. The van der Waals surface area contributed by atoms with Gasteiger partial charge in [-0.1, -0.05) is 27.7 Å². The summed E-state index contributed by atoms with van der Waals surface area (Å²) in [6, 6.07) is 0.720. The minimum Gasteiger partial charge on any atom is -0.378 e. The van der Waals surface area contributed by atoms with E-state index in [1.165, 1.54) is 25.7 Å². The van der Waals surface area contributed by atoms with Crippen molar-refractivity contribution >= 4 is 0 Å². The molecule has 0 aromatic rings. The third kappa shape index (κ3) is 5.86. The summed E-state index contributed by atoms with van der Waals surface area (Å²) in [7, 11) is 0. The maximum atomic E-state index is 5.83. The Hall–Kier alpha value is -0.0800. The van der Waals surface area contributed by atoms with Crippen molar-refractivity contribution in [3.05, 3.63) is 0 Å². The van der Waals surface area contributed by atoms with Crippen LogP contribution in [-0.2, 0) is 4.74 Å². The van der Waals surface area contributed by atoms with Crippen LogP contribution in [0.2, 0.25) is 0 Å². The first-order valence-corrected chi connectivity index (χ1v) is 6.93. The van der Waals surface area contributed by atoms with Crippen molar-refractivity contribution in [2.24, 2.45) is 11.8 Å². The van der Waals surface area contributed by atoms with Crippen LogP contribution in [0.1, 0.15) is 53.4 Å². The first-order valence-electron chi connectivity index (χ1n) is 6.93. The fourth-order valence-corrected chi connectivity index (χ4v) is 2.01. The summed E-state index contributed by atoms with van der Waals surface area (Å²) in [4.78, 5) is 0. The van der Waals surface area contributed by atoms with E-state index in [1.54, 1.807) is 0 Å². The molecular formula is C14H29NO. The highest BCUT2D eigenvalue weighted by molar-refractivity contribution is 4.86. The van der Waals surface area contributed by atoms with Gasteiger partial charge in [-0.05, 0) is 44.1 Å². The van der Waals surface area contributed by atoms with Crippen LogP contribution in [0.4, 0.5) is 0 Å². The van der Waals surface area contributed by atoms with Crippen molar-refractivity contribution < 1.29 is 4.74 Å². The second-order valence-electron chi connectivity index (χ2n) is 6.00. The molecular weight excluding hydrogens is 198 g/mol. The molecule has 1 rings (SSSR count). The van der Waals surface area contributed by atoms with Crippen LogP contribution in [-0.4, -0.2) is 25.3 Å². The van der Waals surface area contributed by atoms with E-state index in [-0.39, 0.29) is 0 Å². The maximum absolute atomic E-state index is 5.83. The van der Waals surface area contributed by atoms with E-state index in [1.807, 2.05) is 0 Å². The second kappa shape index (κ2) is 7.29. The van der Waals surface area contributed by atoms with Gasteiger partial charge in [0.15, 0.2) is 0 Å². The molecule has 96 valence electrons. The van der Waals surface area contributed by atoms with Crippen molar-refractivity contribution in [2.45, 2.75) is 65.5 Å². The molecule has 0 radical (unpaired) electrons. The molecule has 0 atom stereocenters. The van der Waals surface area contributed by atoms with Crippen LogP contribution in [0.5, 0.6) is 0 Å². The Bertz CT molecular complexity index is 171. The van der Waals surface area contributed by atoms with Gasteiger partial charge < -0.3 is 10.1 Å². The number of nitrogens with one attached hydrogen (secondary N) is 1. The quantitative estimate of drug-likeness (QED) is 0.643. The fourth-order valence-electron chi connectivity index (χ4n) is 2.01. The third-order valence-corrected chi connectivity index (χ3v) is 3.19. The highest BCUT2D eigenvalue weighted by Crippen LogP contribution is 2.23. The Labute approximate surface area is 101 Å². The van der Waals surface area contributed by atoms with E-state index in [0.29, 0.717) is 6.10 Å². The van der Waals surface area contributed by atoms with Crippen LogP contribution in [0.15, 0.2) is 0 Å². The van der Waals surface area contributed by atoms with E-state index in [2.05, 4.69) is 33.0 Å². The van der Waals surface area contributed by atoms with E-state index < -0.39 is 0 Å². The molecule has 0 amide bonds. The van der Waals surface area contributed by atoms with Crippen LogP contribution in [0, 0.1) is 11.8 Å². The molecule has 2 nitrogen and oxygen atoms in total. The summed E-state index contributed by atoms with van der Waals surface area (Å²) in [5, 5.41) is 3.58. The first kappa shape index (κ1) is 14.0. The zero-order valence-electron chi connectivity index (χ0n) is 11.5. The number of hydrogen-bond acceptors (Lipinski definition) is 2. The van der Waals surface area contributed by atoms with Crippen LogP contribution < -0.4 is 5.32 Å². The van der Waals surface area contributed by atoms with Gasteiger partial charge in [0.1, 0.15) is 0 Å². The fraction of sp³-hybridized carbons (Fsp3) is 1.00. The molecule has 0 heterocycles. The Kier molecular flexibility index (Phi) is 6.37. The van der Waals surface area contributed by atoms with Crippen LogP contribution in [0.3, 0.4) is 0 Å². The lowest BCUT2D eigenvalue weighted by Gasteiger charge is -2.36. The summed E-state index contributed by atoms with van der Waals surface area (Å²) >= 11 is 0. The summed E-state index contributed by atoms with van der Waals surface area (Å²) in [5.41, 5.74) is 0. The molecule has 1 fully saturated rings. The average molecular weight is 227 g/mol. The van der Waals surface area contributed by atoms with E-state index in [4.69, 9.17) is 4.74 Å². The Morgan fingerprint density at radius 2 is 1.81 bits per heavy atom. The topological polar surface area (TPSA) is 21.3 Å². The molecule has 1 saturated carbocycles. The van der Waals surface area contributed by atoms with Gasteiger partial charge in [-0.15, -0.1) is 0 Å². The zero-order valence-corrected chi connectivity index (χ0v) is 11.5. The SMILES string of the molecule is CC(C)CCCO[C@H]1C[C@H](NCC(C)C)C1. The minimum atomic E-state index is 0.539. The second-order valence-corrected chi connectivity index (χ2v) is 6.00. The average Bonchev–Trinajstić information content (AvgIpc) is 2.12. The molecule has 0 bridgehead atoms. The Morgan fingerprint density at radius 3 is 2.38 bits per heavy atom. The smallest absolute Gasteiger partial charge is 0.0604 e.